The third-order valence-corrected chi connectivity index (χ3v) is 6.41. The lowest BCUT2D eigenvalue weighted by Gasteiger charge is -2.20. The van der Waals surface area contributed by atoms with E-state index in [4.69, 9.17) is 11.6 Å². The van der Waals surface area contributed by atoms with E-state index in [0.717, 1.165) is 12.1 Å². The summed E-state index contributed by atoms with van der Waals surface area (Å²) in [5.74, 6) is -1.14. The number of carbonyl (C=O) groups is 1. The quantitative estimate of drug-likeness (QED) is 0.265. The van der Waals surface area contributed by atoms with E-state index in [1.54, 1.807) is 0 Å². The topological polar surface area (TPSA) is 17.1 Å². The highest BCUT2D eigenvalue weighted by Gasteiger charge is 2.37. The van der Waals surface area contributed by atoms with E-state index in [1.165, 1.54) is 31.2 Å². The number of Topliss-reactive ketones (excluding diaryl/α,β-unsaturated/α-hetero) is 1. The Balaban J connectivity index is 2.37. The Labute approximate surface area is 223 Å². The molecule has 3 rings (SSSR count). The second-order valence-corrected chi connectivity index (χ2v) is 10.0. The van der Waals surface area contributed by atoms with Gasteiger partial charge in [-0.25, -0.2) is 0 Å². The first-order valence-corrected chi connectivity index (χ1v) is 12.0. The van der Waals surface area contributed by atoms with Gasteiger partial charge in [-0.2, -0.15) is 39.5 Å². The van der Waals surface area contributed by atoms with Crippen LogP contribution in [0.15, 0.2) is 54.6 Å². The summed E-state index contributed by atoms with van der Waals surface area (Å²) in [4.78, 5) is 12.5. The van der Waals surface area contributed by atoms with Gasteiger partial charge in [0.1, 0.15) is 5.78 Å². The zero-order chi connectivity index (χ0) is 29.5. The summed E-state index contributed by atoms with van der Waals surface area (Å²) >= 11 is 5.72. The number of halogens is 10. The van der Waals surface area contributed by atoms with Gasteiger partial charge in [-0.05, 0) is 83.5 Å². The smallest absolute Gasteiger partial charge is 0.299 e. The van der Waals surface area contributed by atoms with E-state index >= 15 is 0 Å². The average Bonchev–Trinajstić information content (AvgIpc) is 2.80. The minimum Gasteiger partial charge on any atom is -0.299 e. The van der Waals surface area contributed by atoms with Crippen molar-refractivity contribution in [3.8, 4) is 22.3 Å². The van der Waals surface area contributed by atoms with Gasteiger partial charge in [0.25, 0.3) is 0 Å². The number of benzene rings is 3. The maximum Gasteiger partial charge on any atom is 0.417 e. The highest BCUT2D eigenvalue weighted by molar-refractivity contribution is 6.31. The highest BCUT2D eigenvalue weighted by atomic mass is 35.5. The minimum atomic E-state index is -5.10. The Morgan fingerprint density at radius 2 is 1.18 bits per heavy atom. The first-order chi connectivity index (χ1) is 17.8. The fraction of sp³-hybridized carbons (Fsp3) is 0.321. The summed E-state index contributed by atoms with van der Waals surface area (Å²) in [6.45, 7) is 4.92. The third kappa shape index (κ3) is 7.35. The predicted molar refractivity (Wildman–Crippen MR) is 130 cm³/mol. The van der Waals surface area contributed by atoms with Gasteiger partial charge in [-0.1, -0.05) is 43.6 Å². The first-order valence-electron chi connectivity index (χ1n) is 11.6. The van der Waals surface area contributed by atoms with E-state index in [-0.39, 0.29) is 40.0 Å². The number of alkyl halides is 9. The molecule has 0 radical (unpaired) electrons. The molecule has 0 aliphatic carbocycles. The van der Waals surface area contributed by atoms with Gasteiger partial charge >= 0.3 is 18.5 Å². The van der Waals surface area contributed by atoms with E-state index in [1.807, 2.05) is 13.8 Å². The van der Waals surface area contributed by atoms with Crippen LogP contribution in [0.5, 0.6) is 0 Å². The van der Waals surface area contributed by atoms with Gasteiger partial charge in [0.15, 0.2) is 0 Å². The van der Waals surface area contributed by atoms with Crippen molar-refractivity contribution in [2.24, 2.45) is 5.92 Å². The maximum absolute atomic E-state index is 13.5. The van der Waals surface area contributed by atoms with Crippen LogP contribution in [-0.4, -0.2) is 5.78 Å². The van der Waals surface area contributed by atoms with E-state index in [9.17, 15) is 44.3 Å². The molecule has 0 bridgehead atoms. The summed E-state index contributed by atoms with van der Waals surface area (Å²) in [7, 11) is 0. The number of hydrogen-bond donors (Lipinski definition) is 0. The molecule has 0 aliphatic heterocycles. The fourth-order valence-electron chi connectivity index (χ4n) is 4.24. The lowest BCUT2D eigenvalue weighted by molar-refractivity contribution is -0.143. The summed E-state index contributed by atoms with van der Waals surface area (Å²) in [5.41, 5.74) is -4.58. The van der Waals surface area contributed by atoms with E-state index in [2.05, 4.69) is 0 Å². The van der Waals surface area contributed by atoms with Crippen molar-refractivity contribution in [3.05, 3.63) is 81.9 Å². The molecule has 39 heavy (non-hydrogen) atoms. The molecule has 0 heterocycles. The molecule has 0 N–H and O–H groups in total. The minimum absolute atomic E-state index is 0.0137. The summed E-state index contributed by atoms with van der Waals surface area (Å²) in [6.07, 6.45) is -14.7. The SMILES string of the molecule is CC(=O)C(CC(C)C)c1cc(-c2cc(C(F)(F)F)cc(C(F)(F)F)c2)cc(-c2ccc(Cl)c(C(F)(F)F)c2)c1. The number of hydrogen-bond acceptors (Lipinski definition) is 1. The Kier molecular flexibility index (Phi) is 8.51. The molecule has 0 amide bonds. The van der Waals surface area contributed by atoms with Crippen molar-refractivity contribution in [1.82, 2.24) is 0 Å². The van der Waals surface area contributed by atoms with Crippen LogP contribution in [0.25, 0.3) is 22.3 Å². The van der Waals surface area contributed by atoms with E-state index < -0.39 is 51.7 Å². The Morgan fingerprint density at radius 1 is 0.692 bits per heavy atom. The molecule has 0 aliphatic rings. The second-order valence-electron chi connectivity index (χ2n) is 9.62. The molecular weight excluding hydrogens is 559 g/mol. The van der Waals surface area contributed by atoms with Crippen LogP contribution in [0, 0.1) is 5.92 Å². The summed E-state index contributed by atoms with van der Waals surface area (Å²) < 4.78 is 122. The summed E-state index contributed by atoms with van der Waals surface area (Å²) in [6, 6.07) is 7.94. The molecule has 1 atom stereocenters. The van der Waals surface area contributed by atoms with Crippen LogP contribution in [-0.2, 0) is 23.3 Å². The molecule has 3 aromatic carbocycles. The first kappa shape index (κ1) is 30.5. The average molecular weight is 581 g/mol. The van der Waals surface area contributed by atoms with Crippen molar-refractivity contribution in [3.63, 3.8) is 0 Å². The molecule has 0 saturated carbocycles. The summed E-state index contributed by atoms with van der Waals surface area (Å²) in [5, 5.41) is -0.586. The van der Waals surface area contributed by atoms with Crippen molar-refractivity contribution in [2.45, 2.75) is 51.6 Å². The van der Waals surface area contributed by atoms with Crippen molar-refractivity contribution in [2.75, 3.05) is 0 Å². The Bertz CT molecular complexity index is 1340. The number of carbonyl (C=O) groups excluding carboxylic acids is 1. The van der Waals surface area contributed by atoms with Crippen molar-refractivity contribution in [1.29, 1.82) is 0 Å². The van der Waals surface area contributed by atoms with Gasteiger partial charge in [0, 0.05) is 5.92 Å². The fourth-order valence-corrected chi connectivity index (χ4v) is 4.46. The maximum atomic E-state index is 13.5. The van der Waals surface area contributed by atoms with Crippen LogP contribution in [0.3, 0.4) is 0 Å². The van der Waals surface area contributed by atoms with Crippen LogP contribution in [0.1, 0.15) is 55.4 Å². The highest BCUT2D eigenvalue weighted by Crippen LogP contribution is 2.42. The van der Waals surface area contributed by atoms with Crippen molar-refractivity contribution < 1.29 is 44.3 Å². The Hall–Kier alpha value is -3.01. The molecule has 1 unspecified atom stereocenters. The normalized spacial score (nSPS) is 13.6. The molecule has 0 saturated heterocycles. The lowest BCUT2D eigenvalue weighted by Crippen LogP contribution is -2.13. The van der Waals surface area contributed by atoms with E-state index in [0.29, 0.717) is 18.6 Å². The molecule has 0 spiro atoms. The zero-order valence-electron chi connectivity index (χ0n) is 20.7. The molecule has 0 fully saturated rings. The molecular formula is C28H22ClF9O. The molecule has 11 heteroatoms. The van der Waals surface area contributed by atoms with Crippen LogP contribution in [0.2, 0.25) is 5.02 Å². The number of rotatable bonds is 6. The van der Waals surface area contributed by atoms with Crippen LogP contribution in [0.4, 0.5) is 39.5 Å². The lowest BCUT2D eigenvalue weighted by atomic mass is 9.84. The molecule has 0 aromatic heterocycles. The van der Waals surface area contributed by atoms with Gasteiger partial charge in [0.2, 0.25) is 0 Å². The third-order valence-electron chi connectivity index (χ3n) is 6.08. The largest absolute Gasteiger partial charge is 0.417 e. The number of ketones is 1. The van der Waals surface area contributed by atoms with Crippen molar-refractivity contribution >= 4 is 17.4 Å². The van der Waals surface area contributed by atoms with Gasteiger partial charge in [0.05, 0.1) is 21.7 Å². The van der Waals surface area contributed by atoms with Crippen LogP contribution < -0.4 is 0 Å². The van der Waals surface area contributed by atoms with Gasteiger partial charge in [-0.15, -0.1) is 0 Å². The standard InChI is InChI=1S/C28H22ClF9O/c1-14(2)6-23(15(3)39)20-8-17(16-4-5-25(29)24(12-16)28(36,37)38)7-18(9-20)19-10-21(26(30,31)32)13-22(11-19)27(33,34)35/h4-5,7-14,23H,6H2,1-3H3. The second kappa shape index (κ2) is 10.9. The van der Waals surface area contributed by atoms with Gasteiger partial charge < -0.3 is 0 Å². The predicted octanol–water partition coefficient (Wildman–Crippen LogP) is 10.4. The molecule has 210 valence electrons. The molecule has 1 nitrogen and oxygen atoms in total. The molecule has 3 aromatic rings. The van der Waals surface area contributed by atoms with Gasteiger partial charge in [-0.3, -0.25) is 4.79 Å². The Morgan fingerprint density at radius 3 is 1.62 bits per heavy atom. The zero-order valence-corrected chi connectivity index (χ0v) is 21.5. The van der Waals surface area contributed by atoms with Crippen LogP contribution >= 0.6 is 11.6 Å². The monoisotopic (exact) mass is 580 g/mol.